The third-order valence-electron chi connectivity index (χ3n) is 4.86. The zero-order chi connectivity index (χ0) is 17.7. The molecule has 0 amide bonds. The van der Waals surface area contributed by atoms with Crippen LogP contribution < -0.4 is 10.3 Å². The van der Waals surface area contributed by atoms with Gasteiger partial charge in [-0.15, -0.1) is 11.3 Å². The van der Waals surface area contributed by atoms with Gasteiger partial charge < -0.3 is 9.72 Å². The number of aromatic nitrogens is 5. The molecule has 0 aliphatic carbocycles. The number of hydrogen-bond acceptors (Lipinski definition) is 5. The fourth-order valence-electron chi connectivity index (χ4n) is 3.62. The molecule has 0 aromatic carbocycles. The summed E-state index contributed by atoms with van der Waals surface area (Å²) in [7, 11) is 0. The van der Waals surface area contributed by atoms with Crippen LogP contribution in [-0.2, 0) is 6.42 Å². The van der Waals surface area contributed by atoms with E-state index < -0.39 is 0 Å². The molecule has 1 aliphatic rings. The summed E-state index contributed by atoms with van der Waals surface area (Å²) in [6, 6.07) is 1.83. The number of thiophene rings is 1. The smallest absolute Gasteiger partial charge is 0.266 e. The van der Waals surface area contributed by atoms with E-state index in [9.17, 15) is 4.79 Å². The fraction of sp³-hybridized carbons (Fsp3) is 0.278. The topological polar surface area (TPSA) is 88.6 Å². The Balaban J connectivity index is 1.82. The van der Waals surface area contributed by atoms with Crippen LogP contribution in [0.5, 0.6) is 5.75 Å². The number of hydrogen-bond donors (Lipinski definition) is 2. The molecule has 0 spiro atoms. The lowest BCUT2D eigenvalue weighted by Gasteiger charge is -2.17. The standard InChI is InChI=1S/C18H17N5O2S/c1-10(23-6-3-5-21-23)14-12-4-2-7-25-15-13(12)17(18(24)22-14)26-16(15)11-8-19-20-9-11/h3,5-6,8-10H,2,4,7H2,1H3,(H,19,20)(H,22,24)/t10-/m1/s1. The first-order valence-electron chi connectivity index (χ1n) is 8.56. The molecule has 0 saturated heterocycles. The molecule has 0 radical (unpaired) electrons. The molecule has 4 aromatic rings. The molecule has 26 heavy (non-hydrogen) atoms. The van der Waals surface area contributed by atoms with E-state index in [0.717, 1.165) is 45.7 Å². The van der Waals surface area contributed by atoms with Crippen LogP contribution in [0.25, 0.3) is 20.5 Å². The Hall–Kier alpha value is -2.87. The van der Waals surface area contributed by atoms with E-state index in [2.05, 4.69) is 27.2 Å². The number of rotatable bonds is 3. The summed E-state index contributed by atoms with van der Waals surface area (Å²) in [5.74, 6) is 0.805. The highest BCUT2D eigenvalue weighted by atomic mass is 32.1. The van der Waals surface area contributed by atoms with Crippen molar-refractivity contribution in [2.24, 2.45) is 0 Å². The van der Waals surface area contributed by atoms with Gasteiger partial charge in [0, 0.05) is 35.2 Å². The zero-order valence-electron chi connectivity index (χ0n) is 14.2. The Morgan fingerprint density at radius 2 is 2.35 bits per heavy atom. The number of nitrogens with zero attached hydrogens (tertiary/aromatic N) is 3. The second-order valence-electron chi connectivity index (χ2n) is 6.41. The zero-order valence-corrected chi connectivity index (χ0v) is 15.0. The molecule has 0 fully saturated rings. The molecule has 2 N–H and O–H groups in total. The number of H-pyrrole nitrogens is 2. The number of aryl methyl sites for hydroxylation is 1. The van der Waals surface area contributed by atoms with E-state index in [0.29, 0.717) is 11.3 Å². The normalized spacial score (nSPS) is 15.0. The van der Waals surface area contributed by atoms with Crippen LogP contribution in [0.3, 0.4) is 0 Å². The third-order valence-corrected chi connectivity index (χ3v) is 6.08. The van der Waals surface area contributed by atoms with Gasteiger partial charge in [0.2, 0.25) is 0 Å². The molecule has 1 atom stereocenters. The quantitative estimate of drug-likeness (QED) is 0.582. The van der Waals surface area contributed by atoms with E-state index in [1.165, 1.54) is 11.3 Å². The summed E-state index contributed by atoms with van der Waals surface area (Å²) < 4.78 is 8.67. The summed E-state index contributed by atoms with van der Waals surface area (Å²) in [4.78, 5) is 16.9. The molecule has 132 valence electrons. The summed E-state index contributed by atoms with van der Waals surface area (Å²) >= 11 is 1.46. The fourth-order valence-corrected chi connectivity index (χ4v) is 4.77. The first-order chi connectivity index (χ1) is 12.7. The van der Waals surface area contributed by atoms with Crippen LogP contribution >= 0.6 is 11.3 Å². The predicted octanol–water partition coefficient (Wildman–Crippen LogP) is 3.11. The lowest BCUT2D eigenvalue weighted by atomic mass is 10.00. The molecular formula is C18H17N5O2S. The van der Waals surface area contributed by atoms with E-state index in [1.807, 2.05) is 23.1 Å². The van der Waals surface area contributed by atoms with Crippen LogP contribution in [0.15, 0.2) is 35.6 Å². The van der Waals surface area contributed by atoms with Crippen molar-refractivity contribution in [1.82, 2.24) is 25.0 Å². The van der Waals surface area contributed by atoms with Crippen molar-refractivity contribution in [3.63, 3.8) is 0 Å². The molecule has 8 heteroatoms. The van der Waals surface area contributed by atoms with Gasteiger partial charge in [-0.3, -0.25) is 14.6 Å². The molecule has 0 saturated carbocycles. The summed E-state index contributed by atoms with van der Waals surface area (Å²) in [6.07, 6.45) is 9.03. The van der Waals surface area contributed by atoms with E-state index >= 15 is 0 Å². The maximum Gasteiger partial charge on any atom is 0.266 e. The van der Waals surface area contributed by atoms with Gasteiger partial charge in [0.25, 0.3) is 5.56 Å². The summed E-state index contributed by atoms with van der Waals surface area (Å²) in [5, 5.41) is 12.2. The van der Waals surface area contributed by atoms with Gasteiger partial charge in [-0.05, 0) is 31.4 Å². The third kappa shape index (κ3) is 2.22. The summed E-state index contributed by atoms with van der Waals surface area (Å²) in [6.45, 7) is 2.69. The Kier molecular flexibility index (Phi) is 3.46. The molecule has 5 heterocycles. The molecule has 0 unspecified atom stereocenters. The second-order valence-corrected chi connectivity index (χ2v) is 7.43. The first kappa shape index (κ1) is 15.4. The number of ether oxygens (including phenoxy) is 1. The maximum atomic E-state index is 12.9. The van der Waals surface area contributed by atoms with Gasteiger partial charge in [0.15, 0.2) is 0 Å². The highest BCUT2D eigenvalue weighted by Crippen LogP contribution is 2.46. The lowest BCUT2D eigenvalue weighted by Crippen LogP contribution is -2.18. The largest absolute Gasteiger partial charge is 0.491 e. The SMILES string of the molecule is C[C@H](c1[nH]c(=O)c2sc(-c3cn[nH]c3)c3c2c1CCCO3)n1cccn1. The van der Waals surface area contributed by atoms with Crippen LogP contribution in [0.2, 0.25) is 0 Å². The monoisotopic (exact) mass is 367 g/mol. The van der Waals surface area contributed by atoms with Crippen molar-refractivity contribution >= 4 is 21.4 Å². The number of aromatic amines is 2. The van der Waals surface area contributed by atoms with Gasteiger partial charge >= 0.3 is 0 Å². The van der Waals surface area contributed by atoms with E-state index in [1.54, 1.807) is 12.4 Å². The van der Waals surface area contributed by atoms with Crippen LogP contribution in [-0.4, -0.2) is 31.6 Å². The Bertz CT molecular complexity index is 1120. The number of pyridine rings is 1. The van der Waals surface area contributed by atoms with Crippen molar-refractivity contribution in [3.05, 3.63) is 52.5 Å². The lowest BCUT2D eigenvalue weighted by molar-refractivity contribution is 0.321. The van der Waals surface area contributed by atoms with Gasteiger partial charge in [0.1, 0.15) is 10.4 Å². The van der Waals surface area contributed by atoms with E-state index in [4.69, 9.17) is 4.74 Å². The summed E-state index contributed by atoms with van der Waals surface area (Å²) in [5.41, 5.74) is 2.93. The van der Waals surface area contributed by atoms with Gasteiger partial charge in [-0.25, -0.2) is 0 Å². The number of nitrogens with one attached hydrogen (secondary N) is 2. The van der Waals surface area contributed by atoms with Crippen LogP contribution in [0.1, 0.15) is 30.6 Å². The van der Waals surface area contributed by atoms with Crippen LogP contribution in [0.4, 0.5) is 0 Å². The molecule has 7 nitrogen and oxygen atoms in total. The highest BCUT2D eigenvalue weighted by molar-refractivity contribution is 7.22. The Morgan fingerprint density at radius 1 is 1.42 bits per heavy atom. The average Bonchev–Trinajstić information content (AvgIpc) is 3.37. The minimum Gasteiger partial charge on any atom is -0.491 e. The molecule has 4 aromatic heterocycles. The molecule has 1 aliphatic heterocycles. The van der Waals surface area contributed by atoms with Crippen molar-refractivity contribution in [2.75, 3.05) is 6.61 Å². The minimum atomic E-state index is -0.0794. The molecular weight excluding hydrogens is 350 g/mol. The highest BCUT2D eigenvalue weighted by Gasteiger charge is 2.27. The van der Waals surface area contributed by atoms with Gasteiger partial charge in [-0.1, -0.05) is 0 Å². The van der Waals surface area contributed by atoms with Crippen molar-refractivity contribution in [2.45, 2.75) is 25.8 Å². The van der Waals surface area contributed by atoms with Gasteiger partial charge in [-0.2, -0.15) is 10.2 Å². The van der Waals surface area contributed by atoms with E-state index in [-0.39, 0.29) is 11.6 Å². The first-order valence-corrected chi connectivity index (χ1v) is 9.38. The molecule has 5 rings (SSSR count). The minimum absolute atomic E-state index is 0.0553. The Morgan fingerprint density at radius 3 is 3.12 bits per heavy atom. The second kappa shape index (κ2) is 5.84. The van der Waals surface area contributed by atoms with Crippen molar-refractivity contribution in [1.29, 1.82) is 0 Å². The van der Waals surface area contributed by atoms with Crippen molar-refractivity contribution in [3.8, 4) is 16.2 Å². The van der Waals surface area contributed by atoms with Gasteiger partial charge in [0.05, 0.1) is 23.7 Å². The maximum absolute atomic E-state index is 12.9. The van der Waals surface area contributed by atoms with Crippen LogP contribution in [0, 0.1) is 0 Å². The average molecular weight is 367 g/mol. The predicted molar refractivity (Wildman–Crippen MR) is 99.9 cm³/mol. The molecule has 0 bridgehead atoms. The van der Waals surface area contributed by atoms with Crippen molar-refractivity contribution < 1.29 is 4.74 Å². The Labute approximate surface area is 152 Å².